The van der Waals surface area contributed by atoms with Crippen molar-refractivity contribution in [1.82, 2.24) is 0 Å². The zero-order valence-corrected chi connectivity index (χ0v) is 10.0. The van der Waals surface area contributed by atoms with Crippen LogP contribution in [0.4, 0.5) is 0 Å². The Morgan fingerprint density at radius 2 is 2.31 bits per heavy atom. The number of hydrogen-bond donors (Lipinski definition) is 1. The van der Waals surface area contributed by atoms with Gasteiger partial charge in [0.05, 0.1) is 0 Å². The Bertz CT molecular complexity index is 263. The smallest absolute Gasteiger partial charge is 0.0417 e. The third-order valence-corrected chi connectivity index (χ3v) is 3.82. The first kappa shape index (κ1) is 11.3. The van der Waals surface area contributed by atoms with Crippen LogP contribution in [0.25, 0.3) is 0 Å². The zero-order valence-electron chi connectivity index (χ0n) is 7.53. The normalized spacial score (nSPS) is 12.8. The fourth-order valence-corrected chi connectivity index (χ4v) is 2.39. The highest BCUT2D eigenvalue weighted by Crippen LogP contribution is 2.23. The first-order chi connectivity index (χ1) is 6.22. The summed E-state index contributed by atoms with van der Waals surface area (Å²) in [6.07, 6.45) is 0. The van der Waals surface area contributed by atoms with Crippen LogP contribution in [0.5, 0.6) is 0 Å². The first-order valence-corrected chi connectivity index (χ1v) is 6.21. The molecule has 0 N–H and O–H groups in total. The van der Waals surface area contributed by atoms with Gasteiger partial charge in [0, 0.05) is 15.7 Å². The second kappa shape index (κ2) is 5.84. The summed E-state index contributed by atoms with van der Waals surface area (Å²) in [5.41, 5.74) is 0. The van der Waals surface area contributed by atoms with Gasteiger partial charge in [-0.25, -0.2) is 0 Å². The van der Waals surface area contributed by atoms with E-state index in [0.29, 0.717) is 5.92 Å². The van der Waals surface area contributed by atoms with Gasteiger partial charge in [0.1, 0.15) is 0 Å². The Morgan fingerprint density at radius 1 is 1.54 bits per heavy atom. The number of rotatable bonds is 4. The molecule has 0 fully saturated rings. The van der Waals surface area contributed by atoms with Crippen LogP contribution in [-0.4, -0.2) is 11.5 Å². The van der Waals surface area contributed by atoms with Crippen molar-refractivity contribution in [3.8, 4) is 0 Å². The van der Waals surface area contributed by atoms with E-state index in [0.717, 1.165) is 16.5 Å². The van der Waals surface area contributed by atoms with Gasteiger partial charge in [-0.15, -0.1) is 11.8 Å². The van der Waals surface area contributed by atoms with Crippen LogP contribution in [0.1, 0.15) is 6.92 Å². The average molecular weight is 233 g/mol. The molecule has 0 nitrogen and oxygen atoms in total. The molecule has 13 heavy (non-hydrogen) atoms. The lowest BCUT2D eigenvalue weighted by atomic mass is 10.3. The minimum absolute atomic E-state index is 0.646. The molecular formula is C10H13ClS2. The molecule has 0 heterocycles. The van der Waals surface area contributed by atoms with Gasteiger partial charge in [-0.3, -0.25) is 0 Å². The Kier molecular flexibility index (Phi) is 5.07. The summed E-state index contributed by atoms with van der Waals surface area (Å²) < 4.78 is 0. The lowest BCUT2D eigenvalue weighted by Gasteiger charge is -2.06. The maximum atomic E-state index is 5.87. The van der Waals surface area contributed by atoms with E-state index in [2.05, 4.69) is 25.6 Å². The van der Waals surface area contributed by atoms with Gasteiger partial charge in [0.2, 0.25) is 0 Å². The van der Waals surface area contributed by atoms with E-state index in [4.69, 9.17) is 11.6 Å². The molecule has 0 aromatic heterocycles. The largest absolute Gasteiger partial charge is 0.179 e. The second-order valence-corrected chi connectivity index (χ2v) is 4.95. The fraction of sp³-hybridized carbons (Fsp3) is 0.400. The fourth-order valence-electron chi connectivity index (χ4n) is 0.848. The molecule has 0 bridgehead atoms. The topological polar surface area (TPSA) is 0 Å². The highest BCUT2D eigenvalue weighted by atomic mass is 35.5. The molecule has 0 aliphatic rings. The third-order valence-electron chi connectivity index (χ3n) is 1.64. The van der Waals surface area contributed by atoms with Crippen molar-refractivity contribution in [2.24, 2.45) is 5.92 Å². The monoisotopic (exact) mass is 232 g/mol. The van der Waals surface area contributed by atoms with E-state index < -0.39 is 0 Å². The van der Waals surface area contributed by atoms with Crippen LogP contribution in [0.3, 0.4) is 0 Å². The van der Waals surface area contributed by atoms with E-state index >= 15 is 0 Å². The van der Waals surface area contributed by atoms with Crippen LogP contribution in [0.2, 0.25) is 5.02 Å². The molecular weight excluding hydrogens is 220 g/mol. The van der Waals surface area contributed by atoms with Gasteiger partial charge >= 0.3 is 0 Å². The predicted molar refractivity (Wildman–Crippen MR) is 65.2 cm³/mol. The van der Waals surface area contributed by atoms with E-state index in [-0.39, 0.29) is 0 Å². The van der Waals surface area contributed by atoms with Crippen LogP contribution in [0, 0.1) is 5.92 Å². The Hall–Kier alpha value is 0.210. The minimum Gasteiger partial charge on any atom is -0.179 e. The van der Waals surface area contributed by atoms with Crippen molar-refractivity contribution in [1.29, 1.82) is 0 Å². The summed E-state index contributed by atoms with van der Waals surface area (Å²) in [7, 11) is 0. The molecule has 0 radical (unpaired) electrons. The molecule has 1 aromatic carbocycles. The lowest BCUT2D eigenvalue weighted by Crippen LogP contribution is -1.98. The average Bonchev–Trinajstić information content (AvgIpc) is 2.14. The van der Waals surface area contributed by atoms with Crippen molar-refractivity contribution in [3.63, 3.8) is 0 Å². The van der Waals surface area contributed by atoms with E-state index in [9.17, 15) is 0 Å². The maximum Gasteiger partial charge on any atom is 0.0417 e. The minimum atomic E-state index is 0.646. The highest BCUT2D eigenvalue weighted by Gasteiger charge is 2.00. The van der Waals surface area contributed by atoms with Crippen LogP contribution < -0.4 is 0 Å². The Balaban J connectivity index is 2.45. The van der Waals surface area contributed by atoms with Crippen molar-refractivity contribution in [2.45, 2.75) is 11.8 Å². The Labute approximate surface area is 94.5 Å². The third kappa shape index (κ3) is 4.30. The molecule has 0 aliphatic carbocycles. The SMILES string of the molecule is CC(CS)CSc1cccc(Cl)c1. The standard InChI is InChI=1S/C10H13ClS2/c1-8(6-12)7-13-10-4-2-3-9(11)5-10/h2-5,8,12H,6-7H2,1H3. The van der Waals surface area contributed by atoms with Crippen molar-refractivity contribution in [3.05, 3.63) is 29.3 Å². The van der Waals surface area contributed by atoms with Gasteiger partial charge in [-0.1, -0.05) is 24.6 Å². The summed E-state index contributed by atoms with van der Waals surface area (Å²) in [4.78, 5) is 1.24. The van der Waals surface area contributed by atoms with Crippen molar-refractivity contribution in [2.75, 3.05) is 11.5 Å². The molecule has 3 heteroatoms. The summed E-state index contributed by atoms with van der Waals surface area (Å²) in [5, 5.41) is 0.809. The van der Waals surface area contributed by atoms with E-state index in [1.807, 2.05) is 30.0 Å². The summed E-state index contributed by atoms with van der Waals surface area (Å²) in [5.74, 6) is 2.68. The van der Waals surface area contributed by atoms with Crippen molar-refractivity contribution >= 4 is 36.0 Å². The maximum absolute atomic E-state index is 5.87. The van der Waals surface area contributed by atoms with Gasteiger partial charge in [-0.05, 0) is 29.9 Å². The van der Waals surface area contributed by atoms with E-state index in [1.165, 1.54) is 4.90 Å². The van der Waals surface area contributed by atoms with Crippen LogP contribution >= 0.6 is 36.0 Å². The summed E-state index contributed by atoms with van der Waals surface area (Å²) in [6.45, 7) is 2.20. The van der Waals surface area contributed by atoms with Gasteiger partial charge in [0.25, 0.3) is 0 Å². The first-order valence-electron chi connectivity index (χ1n) is 4.21. The molecule has 0 aliphatic heterocycles. The molecule has 72 valence electrons. The molecule has 1 unspecified atom stereocenters. The number of thioether (sulfide) groups is 1. The lowest BCUT2D eigenvalue weighted by molar-refractivity contribution is 0.767. The predicted octanol–water partition coefficient (Wildman–Crippen LogP) is 4.00. The molecule has 0 amide bonds. The van der Waals surface area contributed by atoms with Gasteiger partial charge in [-0.2, -0.15) is 12.6 Å². The second-order valence-electron chi connectivity index (χ2n) is 3.06. The quantitative estimate of drug-likeness (QED) is 0.605. The van der Waals surface area contributed by atoms with Crippen LogP contribution in [0.15, 0.2) is 29.2 Å². The van der Waals surface area contributed by atoms with E-state index in [1.54, 1.807) is 0 Å². The number of thiol groups is 1. The number of benzene rings is 1. The molecule has 1 rings (SSSR count). The molecule has 0 spiro atoms. The Morgan fingerprint density at radius 3 is 2.92 bits per heavy atom. The number of hydrogen-bond acceptors (Lipinski definition) is 2. The number of halogens is 1. The molecule has 1 atom stereocenters. The zero-order chi connectivity index (χ0) is 9.68. The summed E-state index contributed by atoms with van der Waals surface area (Å²) in [6, 6.07) is 7.96. The highest BCUT2D eigenvalue weighted by molar-refractivity contribution is 7.99. The van der Waals surface area contributed by atoms with Gasteiger partial charge < -0.3 is 0 Å². The molecule has 0 saturated carbocycles. The van der Waals surface area contributed by atoms with Gasteiger partial charge in [0.15, 0.2) is 0 Å². The van der Waals surface area contributed by atoms with Crippen LogP contribution in [-0.2, 0) is 0 Å². The summed E-state index contributed by atoms with van der Waals surface area (Å²) >= 11 is 11.9. The molecule has 1 aromatic rings. The molecule has 0 saturated heterocycles. The van der Waals surface area contributed by atoms with Crippen molar-refractivity contribution < 1.29 is 0 Å².